The number of rotatable bonds is 8. The highest BCUT2D eigenvalue weighted by Gasteiger charge is 2.59. The van der Waals surface area contributed by atoms with Crippen LogP contribution in [-0.4, -0.2) is 28.2 Å². The number of fused-ring (bicyclic) bond motifs is 5. The summed E-state index contributed by atoms with van der Waals surface area (Å²) in [7, 11) is -2.16. The summed E-state index contributed by atoms with van der Waals surface area (Å²) >= 11 is 0. The molecule has 0 aliphatic heterocycles. The molecule has 2 saturated carbocycles. The molecule has 0 unspecified atom stereocenters. The molecule has 212 valence electrons. The molecule has 3 aliphatic carbocycles. The van der Waals surface area contributed by atoms with E-state index in [1.54, 1.807) is 19.2 Å². The molecule has 0 aromatic heterocycles. The number of hydrogen-bond donors (Lipinski definition) is 1. The Labute approximate surface area is 239 Å². The lowest BCUT2D eigenvalue weighted by molar-refractivity contribution is -0.0159. The van der Waals surface area contributed by atoms with Gasteiger partial charge in [-0.2, -0.15) is 8.42 Å². The van der Waals surface area contributed by atoms with Gasteiger partial charge >= 0.3 is 0 Å². The minimum atomic E-state index is -3.89. The number of benzene rings is 3. The molecular weight excluding hydrogens is 518 g/mol. The Bertz CT molecular complexity index is 1440. The van der Waals surface area contributed by atoms with E-state index < -0.39 is 10.1 Å². The lowest BCUT2D eigenvalue weighted by Gasteiger charge is -2.50. The van der Waals surface area contributed by atoms with Crippen LogP contribution in [0.25, 0.3) is 0 Å². The third-order valence-electron chi connectivity index (χ3n) is 10.1. The summed E-state index contributed by atoms with van der Waals surface area (Å²) in [6.45, 7) is 5.77. The zero-order chi connectivity index (χ0) is 27.9. The second-order valence-electron chi connectivity index (χ2n) is 12.4. The van der Waals surface area contributed by atoms with Crippen LogP contribution in [0.4, 0.5) is 0 Å². The largest absolute Gasteiger partial charge is 0.497 e. The second-order valence-corrected chi connectivity index (χ2v) is 14.0. The van der Waals surface area contributed by atoms with Gasteiger partial charge in [0, 0.05) is 13.1 Å². The van der Waals surface area contributed by atoms with Crippen LogP contribution in [0.3, 0.4) is 0 Å². The quantitative estimate of drug-likeness (QED) is 0.313. The highest BCUT2D eigenvalue weighted by molar-refractivity contribution is 7.86. The summed E-state index contributed by atoms with van der Waals surface area (Å²) < 4.78 is 39.0. The molecule has 3 aromatic rings. The van der Waals surface area contributed by atoms with Crippen molar-refractivity contribution in [1.82, 2.24) is 5.32 Å². The Balaban J connectivity index is 1.28. The average Bonchev–Trinajstić information content (AvgIpc) is 3.24. The number of ether oxygens (including phenoxy) is 1. The van der Waals surface area contributed by atoms with Crippen LogP contribution in [-0.2, 0) is 27.3 Å². The number of hydrogen-bond acceptors (Lipinski definition) is 5. The molecule has 40 heavy (non-hydrogen) atoms. The molecule has 0 spiro atoms. The van der Waals surface area contributed by atoms with Crippen molar-refractivity contribution in [3.63, 3.8) is 0 Å². The summed E-state index contributed by atoms with van der Waals surface area (Å²) in [5.74, 6) is 2.52. The first-order valence-electron chi connectivity index (χ1n) is 14.7. The number of aryl methyl sites for hydroxylation is 2. The summed E-state index contributed by atoms with van der Waals surface area (Å²) in [5, 5.41) is 3.65. The second kappa shape index (κ2) is 11.0. The van der Waals surface area contributed by atoms with Crippen LogP contribution in [0, 0.1) is 30.1 Å². The fraction of sp³-hybridized carbons (Fsp3) is 0.471. The molecule has 0 amide bonds. The topological polar surface area (TPSA) is 64.6 Å². The Hall–Kier alpha value is -2.67. The average molecular weight is 560 g/mol. The van der Waals surface area contributed by atoms with Crippen molar-refractivity contribution >= 4 is 10.1 Å². The van der Waals surface area contributed by atoms with E-state index in [9.17, 15) is 8.42 Å². The van der Waals surface area contributed by atoms with Crippen LogP contribution in [0.15, 0.2) is 77.7 Å². The zero-order valence-electron chi connectivity index (χ0n) is 23.8. The van der Waals surface area contributed by atoms with E-state index in [2.05, 4.69) is 54.7 Å². The summed E-state index contributed by atoms with van der Waals surface area (Å²) in [5.41, 5.74) is 4.95. The van der Waals surface area contributed by atoms with Crippen molar-refractivity contribution in [2.75, 3.05) is 13.7 Å². The molecule has 1 N–H and O–H groups in total. The van der Waals surface area contributed by atoms with E-state index in [1.807, 2.05) is 25.1 Å². The van der Waals surface area contributed by atoms with E-state index in [-0.39, 0.29) is 22.3 Å². The van der Waals surface area contributed by atoms with Gasteiger partial charge in [0.05, 0.1) is 18.1 Å². The molecule has 2 fully saturated rings. The first-order chi connectivity index (χ1) is 19.3. The van der Waals surface area contributed by atoms with Gasteiger partial charge < -0.3 is 10.1 Å². The fourth-order valence-corrected chi connectivity index (χ4v) is 9.32. The molecule has 3 aliphatic rings. The predicted molar refractivity (Wildman–Crippen MR) is 158 cm³/mol. The third kappa shape index (κ3) is 5.10. The van der Waals surface area contributed by atoms with Crippen LogP contribution >= 0.6 is 0 Å². The highest BCUT2D eigenvalue weighted by atomic mass is 32.2. The molecule has 6 heteroatoms. The maximum absolute atomic E-state index is 13.6. The van der Waals surface area contributed by atoms with E-state index >= 15 is 0 Å². The standard InChI is InChI=1S/C34H41NO4S/c1-23-9-13-28(14-10-23)40(36,37)39-33-26(22-35-21-24-7-5-4-6-8-24)20-32-31-15-11-25-19-27(38-3)12-16-29(25)30(31)17-18-34(32,33)2/h4-10,12-14,16,19,26,30-33,35H,11,15,17-18,20-22H2,1-3H3/t26-,30+,31+,32-,33-,34-/m0/s1. The summed E-state index contributed by atoms with van der Waals surface area (Å²) in [4.78, 5) is 0.246. The normalized spacial score (nSPS) is 29.3. The van der Waals surface area contributed by atoms with Crippen molar-refractivity contribution in [3.8, 4) is 5.75 Å². The molecule has 0 heterocycles. The minimum Gasteiger partial charge on any atom is -0.497 e. The molecule has 3 aromatic carbocycles. The molecule has 0 bridgehead atoms. The van der Waals surface area contributed by atoms with Gasteiger partial charge in [0.25, 0.3) is 10.1 Å². The minimum absolute atomic E-state index is 0.120. The molecule has 0 radical (unpaired) electrons. The molecule has 6 rings (SSSR count). The third-order valence-corrected chi connectivity index (χ3v) is 11.4. The van der Waals surface area contributed by atoms with Crippen molar-refractivity contribution in [2.24, 2.45) is 23.2 Å². The van der Waals surface area contributed by atoms with E-state index in [0.717, 1.165) is 56.5 Å². The Morgan fingerprint density at radius 3 is 2.52 bits per heavy atom. The van der Waals surface area contributed by atoms with Gasteiger partial charge in [-0.1, -0.05) is 61.0 Å². The highest BCUT2D eigenvalue weighted by Crippen LogP contribution is 2.63. The van der Waals surface area contributed by atoms with E-state index in [1.165, 1.54) is 16.7 Å². The van der Waals surface area contributed by atoms with Gasteiger partial charge in [0.2, 0.25) is 0 Å². The van der Waals surface area contributed by atoms with Gasteiger partial charge in [0.1, 0.15) is 5.75 Å². The molecule has 6 atom stereocenters. The first-order valence-corrected chi connectivity index (χ1v) is 16.1. The Morgan fingerprint density at radius 2 is 1.77 bits per heavy atom. The maximum Gasteiger partial charge on any atom is 0.297 e. The Kier molecular flexibility index (Phi) is 7.53. The number of nitrogens with one attached hydrogen (secondary N) is 1. The van der Waals surface area contributed by atoms with Crippen molar-refractivity contribution in [2.45, 2.75) is 69.4 Å². The van der Waals surface area contributed by atoms with Crippen LogP contribution in [0.2, 0.25) is 0 Å². The van der Waals surface area contributed by atoms with Gasteiger partial charge in [-0.05, 0) is 109 Å². The predicted octanol–water partition coefficient (Wildman–Crippen LogP) is 6.65. The van der Waals surface area contributed by atoms with Crippen molar-refractivity contribution in [3.05, 3.63) is 95.1 Å². The SMILES string of the molecule is COc1ccc2c(c1)CC[C@@H]1[C@@H]2CC[C@@]2(C)[C@H]1C[C@@H](CNCc1ccccc1)[C@@H]2OS(=O)(=O)c1ccc(C)cc1. The molecule has 5 nitrogen and oxygen atoms in total. The maximum atomic E-state index is 13.6. The van der Waals surface area contributed by atoms with Gasteiger partial charge in [0.15, 0.2) is 0 Å². The van der Waals surface area contributed by atoms with Gasteiger partial charge in [-0.15, -0.1) is 0 Å². The van der Waals surface area contributed by atoms with Gasteiger partial charge in [-0.3, -0.25) is 4.18 Å². The lowest BCUT2D eigenvalue weighted by atomic mass is 9.55. The Morgan fingerprint density at radius 1 is 1.00 bits per heavy atom. The van der Waals surface area contributed by atoms with Crippen LogP contribution < -0.4 is 10.1 Å². The van der Waals surface area contributed by atoms with Crippen LogP contribution in [0.5, 0.6) is 5.75 Å². The van der Waals surface area contributed by atoms with E-state index in [0.29, 0.717) is 17.8 Å². The summed E-state index contributed by atoms with van der Waals surface area (Å²) in [6, 6.07) is 24.0. The van der Waals surface area contributed by atoms with Crippen molar-refractivity contribution < 1.29 is 17.3 Å². The van der Waals surface area contributed by atoms with Crippen molar-refractivity contribution in [1.29, 1.82) is 0 Å². The smallest absolute Gasteiger partial charge is 0.297 e. The summed E-state index contributed by atoms with van der Waals surface area (Å²) in [6.07, 6.45) is 4.83. The van der Waals surface area contributed by atoms with Gasteiger partial charge in [-0.25, -0.2) is 0 Å². The lowest BCUT2D eigenvalue weighted by Crippen LogP contribution is -2.46. The first kappa shape index (κ1) is 27.5. The monoisotopic (exact) mass is 559 g/mol. The fourth-order valence-electron chi connectivity index (χ4n) is 8.09. The molecule has 0 saturated heterocycles. The number of methoxy groups -OCH3 is 1. The van der Waals surface area contributed by atoms with Crippen LogP contribution in [0.1, 0.15) is 60.8 Å². The van der Waals surface area contributed by atoms with E-state index in [4.69, 9.17) is 8.92 Å². The molecular formula is C34H41NO4S. The zero-order valence-corrected chi connectivity index (χ0v) is 24.6.